The topological polar surface area (TPSA) is 45.8 Å². The quantitative estimate of drug-likeness (QED) is 0.678. The molecule has 0 saturated heterocycles. The Morgan fingerprint density at radius 2 is 1.90 bits per heavy atom. The molecule has 0 spiro atoms. The highest BCUT2D eigenvalue weighted by atomic mass is 15.6. The Hall–Kier alpha value is -2.69. The van der Waals surface area contributed by atoms with Crippen molar-refractivity contribution in [3.63, 3.8) is 0 Å². The molecule has 0 aliphatic heterocycles. The second-order valence-electron chi connectivity index (χ2n) is 4.70. The summed E-state index contributed by atoms with van der Waals surface area (Å²) in [6.45, 7) is 0. The van der Waals surface area contributed by atoms with Crippen molar-refractivity contribution in [3.05, 3.63) is 54.7 Å². The third kappa shape index (κ3) is 2.38. The third-order valence-electron chi connectivity index (χ3n) is 3.05. The number of hydrogen-bond acceptors (Lipinski definition) is 4. The first-order valence-corrected chi connectivity index (χ1v) is 6.36. The van der Waals surface area contributed by atoms with Gasteiger partial charge in [-0.3, -0.25) is 0 Å². The van der Waals surface area contributed by atoms with Crippen LogP contribution in [0.1, 0.15) is 0 Å². The van der Waals surface area contributed by atoms with Crippen LogP contribution in [0.5, 0.6) is 0 Å². The van der Waals surface area contributed by atoms with Crippen LogP contribution in [0.2, 0.25) is 0 Å². The van der Waals surface area contributed by atoms with Gasteiger partial charge in [-0.2, -0.15) is 5.10 Å². The largest absolute Gasteiger partial charge is 0.378 e. The zero-order valence-electron chi connectivity index (χ0n) is 11.4. The Morgan fingerprint density at radius 3 is 2.75 bits per heavy atom. The highest BCUT2D eigenvalue weighted by Gasteiger charge is 2.00. The van der Waals surface area contributed by atoms with Crippen molar-refractivity contribution in [2.75, 3.05) is 19.0 Å². The van der Waals surface area contributed by atoms with Crippen molar-refractivity contribution in [1.82, 2.24) is 9.89 Å². The molecule has 0 unspecified atom stereocenters. The van der Waals surface area contributed by atoms with Crippen molar-refractivity contribution in [2.24, 2.45) is 10.3 Å². The number of benzene rings is 2. The van der Waals surface area contributed by atoms with Crippen molar-refractivity contribution in [1.29, 1.82) is 0 Å². The van der Waals surface area contributed by atoms with Gasteiger partial charge in [-0.1, -0.05) is 24.3 Å². The lowest BCUT2D eigenvalue weighted by molar-refractivity contribution is 0.717. The van der Waals surface area contributed by atoms with Gasteiger partial charge in [0.2, 0.25) is 0 Å². The van der Waals surface area contributed by atoms with Crippen LogP contribution in [0.25, 0.3) is 10.9 Å². The predicted octanol–water partition coefficient (Wildman–Crippen LogP) is 3.65. The van der Waals surface area contributed by atoms with Crippen molar-refractivity contribution >= 4 is 22.3 Å². The molecule has 5 heteroatoms. The molecule has 1 aromatic heterocycles. The van der Waals surface area contributed by atoms with E-state index < -0.39 is 0 Å². The van der Waals surface area contributed by atoms with E-state index in [1.807, 2.05) is 67.5 Å². The van der Waals surface area contributed by atoms with Crippen LogP contribution in [-0.4, -0.2) is 24.0 Å². The first-order valence-electron chi connectivity index (χ1n) is 6.36. The summed E-state index contributed by atoms with van der Waals surface area (Å²) < 4.78 is 0. The minimum Gasteiger partial charge on any atom is -0.378 e. The van der Waals surface area contributed by atoms with Gasteiger partial charge < -0.3 is 4.90 Å². The Balaban J connectivity index is 1.92. The molecule has 0 N–H and O–H groups in total. The standard InChI is InChI=1S/C15H15N5/c1-19(2)14-8-5-7-13(10-14)17-18-20-15-9-4-3-6-12(15)11-16-20/h3-11H,1-2H3. The van der Waals surface area contributed by atoms with Crippen LogP contribution in [-0.2, 0) is 0 Å². The molecule has 0 amide bonds. The second-order valence-corrected chi connectivity index (χ2v) is 4.70. The van der Waals surface area contributed by atoms with E-state index >= 15 is 0 Å². The third-order valence-corrected chi connectivity index (χ3v) is 3.05. The summed E-state index contributed by atoms with van der Waals surface area (Å²) in [6.07, 6.45) is 1.78. The first-order chi connectivity index (χ1) is 9.74. The van der Waals surface area contributed by atoms with Gasteiger partial charge in [-0.25, -0.2) is 0 Å². The molecule has 3 rings (SSSR count). The van der Waals surface area contributed by atoms with Crippen LogP contribution in [0.15, 0.2) is 65.1 Å². The number of rotatable bonds is 3. The molecule has 0 atom stereocenters. The van der Waals surface area contributed by atoms with Gasteiger partial charge in [-0.15, -0.1) is 9.91 Å². The first kappa shape index (κ1) is 12.3. The van der Waals surface area contributed by atoms with E-state index in [1.54, 1.807) is 6.20 Å². The van der Waals surface area contributed by atoms with Crippen LogP contribution in [0.4, 0.5) is 11.4 Å². The number of fused-ring (bicyclic) bond motifs is 1. The normalized spacial score (nSPS) is 11.3. The molecule has 0 bridgehead atoms. The summed E-state index contributed by atoms with van der Waals surface area (Å²) >= 11 is 0. The fraction of sp³-hybridized carbons (Fsp3) is 0.133. The van der Waals surface area contributed by atoms with Crippen molar-refractivity contribution in [3.8, 4) is 0 Å². The molecule has 0 fully saturated rings. The van der Waals surface area contributed by atoms with E-state index in [9.17, 15) is 0 Å². The highest BCUT2D eigenvalue weighted by molar-refractivity contribution is 5.78. The van der Waals surface area contributed by atoms with Crippen molar-refractivity contribution < 1.29 is 0 Å². The minimum atomic E-state index is 0.802. The summed E-state index contributed by atoms with van der Waals surface area (Å²) in [7, 11) is 3.99. The maximum absolute atomic E-state index is 4.24. The molecule has 5 nitrogen and oxygen atoms in total. The van der Waals surface area contributed by atoms with Gasteiger partial charge in [0.05, 0.1) is 17.4 Å². The van der Waals surface area contributed by atoms with Crippen molar-refractivity contribution in [2.45, 2.75) is 0 Å². The van der Waals surface area contributed by atoms with E-state index in [1.165, 1.54) is 4.79 Å². The maximum atomic E-state index is 4.24. The van der Waals surface area contributed by atoms with Crippen LogP contribution in [0, 0.1) is 0 Å². The van der Waals surface area contributed by atoms with Crippen LogP contribution >= 0.6 is 0 Å². The van der Waals surface area contributed by atoms with Gasteiger partial charge in [0.25, 0.3) is 0 Å². The number of hydrogen-bond donors (Lipinski definition) is 0. The van der Waals surface area contributed by atoms with Gasteiger partial charge in [0, 0.05) is 25.2 Å². The summed E-state index contributed by atoms with van der Waals surface area (Å²) in [5.74, 6) is 0. The highest BCUT2D eigenvalue weighted by Crippen LogP contribution is 2.21. The second kappa shape index (κ2) is 5.13. The number of nitrogens with zero attached hydrogens (tertiary/aromatic N) is 5. The molecule has 0 aliphatic carbocycles. The van der Waals surface area contributed by atoms with E-state index in [-0.39, 0.29) is 0 Å². The fourth-order valence-corrected chi connectivity index (χ4v) is 1.96. The van der Waals surface area contributed by atoms with Gasteiger partial charge in [0.1, 0.15) is 0 Å². The molecule has 20 heavy (non-hydrogen) atoms. The molecule has 0 saturated carbocycles. The monoisotopic (exact) mass is 265 g/mol. The van der Waals surface area contributed by atoms with E-state index in [0.29, 0.717) is 0 Å². The summed E-state index contributed by atoms with van der Waals surface area (Å²) in [5, 5.41) is 13.7. The number of anilines is 1. The number of aromatic nitrogens is 2. The molecule has 2 aromatic carbocycles. The zero-order valence-corrected chi connectivity index (χ0v) is 11.4. The van der Waals surface area contributed by atoms with Gasteiger partial charge >= 0.3 is 0 Å². The smallest absolute Gasteiger partial charge is 0.0962 e. The fourth-order valence-electron chi connectivity index (χ4n) is 1.96. The molecule has 100 valence electrons. The Morgan fingerprint density at radius 1 is 1.05 bits per heavy atom. The Labute approximate surface area is 117 Å². The minimum absolute atomic E-state index is 0.802. The van der Waals surface area contributed by atoms with Gasteiger partial charge in [0.15, 0.2) is 0 Å². The lowest BCUT2D eigenvalue weighted by Gasteiger charge is -2.11. The number of para-hydroxylation sites is 1. The molecule has 1 heterocycles. The zero-order chi connectivity index (χ0) is 13.9. The van der Waals surface area contributed by atoms with Crippen LogP contribution < -0.4 is 4.90 Å². The molecule has 3 aromatic rings. The summed E-state index contributed by atoms with van der Waals surface area (Å²) in [4.78, 5) is 3.57. The Bertz CT molecular complexity index is 758. The SMILES string of the molecule is CN(C)c1cccc(N=Nn2ncc3ccccc32)c1. The van der Waals surface area contributed by atoms with Crippen LogP contribution in [0.3, 0.4) is 0 Å². The average Bonchev–Trinajstić information content (AvgIpc) is 2.89. The molecular formula is C15H15N5. The average molecular weight is 265 g/mol. The Kier molecular flexibility index (Phi) is 3.16. The van der Waals surface area contributed by atoms with Gasteiger partial charge in [-0.05, 0) is 29.5 Å². The predicted molar refractivity (Wildman–Crippen MR) is 80.4 cm³/mol. The molecular weight excluding hydrogens is 250 g/mol. The molecule has 0 aliphatic rings. The molecule has 0 radical (unpaired) electrons. The lowest BCUT2D eigenvalue weighted by Crippen LogP contribution is -2.07. The lowest BCUT2D eigenvalue weighted by atomic mass is 10.3. The van der Waals surface area contributed by atoms with E-state index in [0.717, 1.165) is 22.3 Å². The summed E-state index contributed by atoms with van der Waals surface area (Å²) in [6, 6.07) is 15.8. The van der Waals surface area contributed by atoms with E-state index in [4.69, 9.17) is 0 Å². The summed E-state index contributed by atoms with van der Waals surface area (Å²) in [5.41, 5.74) is 2.84. The van der Waals surface area contributed by atoms with E-state index in [2.05, 4.69) is 15.4 Å². The maximum Gasteiger partial charge on any atom is 0.0962 e.